The molecule has 150 valence electrons. The molecule has 0 bridgehead atoms. The van der Waals surface area contributed by atoms with Crippen LogP contribution in [-0.2, 0) is 9.53 Å². The lowest BCUT2D eigenvalue weighted by Crippen LogP contribution is -2.54. The Morgan fingerprint density at radius 1 is 1.24 bits per heavy atom. The number of amides is 1. The van der Waals surface area contributed by atoms with E-state index in [2.05, 4.69) is 36.3 Å². The number of hydrogen-bond donors (Lipinski definition) is 2. The minimum atomic E-state index is -0.350. The van der Waals surface area contributed by atoms with E-state index in [1.165, 1.54) is 6.42 Å². The maximum atomic E-state index is 12.9. The standard InChI is InChI=1S/C18H35N3O2.2ClH/c1-14-9-15(2)11-21(10-14)12-16(3)20-17(22)18(13-23-4)5-7-19-8-6-18;;/h14-16,19H,5-13H2,1-4H3,(H,20,22);2*1H. The number of ether oxygens (including phenoxy) is 1. The van der Waals surface area contributed by atoms with E-state index in [0.717, 1.165) is 57.4 Å². The molecule has 0 radical (unpaired) electrons. The Hall–Kier alpha value is -0.0700. The summed E-state index contributed by atoms with van der Waals surface area (Å²) < 4.78 is 5.37. The van der Waals surface area contributed by atoms with E-state index in [1.54, 1.807) is 7.11 Å². The maximum absolute atomic E-state index is 12.9. The molecule has 5 nitrogen and oxygen atoms in total. The number of likely N-dealkylation sites (tertiary alicyclic amines) is 1. The summed E-state index contributed by atoms with van der Waals surface area (Å²) >= 11 is 0. The van der Waals surface area contributed by atoms with Crippen molar-refractivity contribution in [2.45, 2.75) is 46.1 Å². The summed E-state index contributed by atoms with van der Waals surface area (Å²) in [4.78, 5) is 15.4. The van der Waals surface area contributed by atoms with Crippen LogP contribution < -0.4 is 10.6 Å². The van der Waals surface area contributed by atoms with Crippen molar-refractivity contribution in [2.24, 2.45) is 17.3 Å². The predicted molar refractivity (Wildman–Crippen MR) is 108 cm³/mol. The van der Waals surface area contributed by atoms with Crippen LogP contribution in [0.4, 0.5) is 0 Å². The van der Waals surface area contributed by atoms with Gasteiger partial charge in [-0.2, -0.15) is 0 Å². The van der Waals surface area contributed by atoms with E-state index in [1.807, 2.05) is 0 Å². The molecular formula is C18H37Cl2N3O2. The fourth-order valence-corrected chi connectivity index (χ4v) is 4.37. The van der Waals surface area contributed by atoms with Crippen molar-refractivity contribution < 1.29 is 9.53 Å². The molecule has 0 aromatic rings. The quantitative estimate of drug-likeness (QED) is 0.721. The normalized spacial score (nSPS) is 27.5. The van der Waals surface area contributed by atoms with E-state index in [9.17, 15) is 4.79 Å². The van der Waals surface area contributed by atoms with Gasteiger partial charge in [-0.1, -0.05) is 13.8 Å². The molecule has 0 aliphatic carbocycles. The second kappa shape index (κ2) is 11.6. The number of nitrogens with zero attached hydrogens (tertiary/aromatic N) is 1. The van der Waals surface area contributed by atoms with Gasteiger partial charge in [0, 0.05) is 32.8 Å². The summed E-state index contributed by atoms with van der Waals surface area (Å²) in [5.74, 6) is 1.68. The van der Waals surface area contributed by atoms with Gasteiger partial charge in [-0.3, -0.25) is 4.79 Å². The van der Waals surface area contributed by atoms with E-state index in [0.29, 0.717) is 6.61 Å². The molecule has 0 aromatic heterocycles. The average molecular weight is 398 g/mol. The number of piperidine rings is 2. The highest BCUT2D eigenvalue weighted by Gasteiger charge is 2.40. The lowest BCUT2D eigenvalue weighted by atomic mass is 9.78. The monoisotopic (exact) mass is 397 g/mol. The molecule has 2 saturated heterocycles. The van der Waals surface area contributed by atoms with Crippen molar-refractivity contribution >= 4 is 30.7 Å². The highest BCUT2D eigenvalue weighted by molar-refractivity contribution is 5.85. The van der Waals surface area contributed by atoms with Gasteiger partial charge in [-0.05, 0) is 51.1 Å². The lowest BCUT2D eigenvalue weighted by Gasteiger charge is -2.39. The number of hydrogen-bond acceptors (Lipinski definition) is 4. The molecule has 2 rings (SSSR count). The minimum Gasteiger partial charge on any atom is -0.384 e. The van der Waals surface area contributed by atoms with Crippen LogP contribution in [0, 0.1) is 17.3 Å². The molecule has 2 heterocycles. The largest absolute Gasteiger partial charge is 0.384 e. The molecule has 0 aromatic carbocycles. The van der Waals surface area contributed by atoms with Crippen LogP contribution in [0.5, 0.6) is 0 Å². The summed E-state index contributed by atoms with van der Waals surface area (Å²) in [5, 5.41) is 6.60. The molecule has 2 aliphatic heterocycles. The van der Waals surface area contributed by atoms with Crippen LogP contribution in [0.15, 0.2) is 0 Å². The van der Waals surface area contributed by atoms with Crippen molar-refractivity contribution in [3.05, 3.63) is 0 Å². The van der Waals surface area contributed by atoms with Gasteiger partial charge in [-0.25, -0.2) is 0 Å². The van der Waals surface area contributed by atoms with Gasteiger partial charge in [-0.15, -0.1) is 24.8 Å². The number of nitrogens with one attached hydrogen (secondary N) is 2. The van der Waals surface area contributed by atoms with Crippen LogP contribution in [0.2, 0.25) is 0 Å². The van der Waals surface area contributed by atoms with E-state index in [-0.39, 0.29) is 42.2 Å². The van der Waals surface area contributed by atoms with Crippen LogP contribution >= 0.6 is 24.8 Å². The van der Waals surface area contributed by atoms with Gasteiger partial charge in [0.15, 0.2) is 0 Å². The molecule has 0 saturated carbocycles. The highest BCUT2D eigenvalue weighted by Crippen LogP contribution is 2.29. The molecule has 0 spiro atoms. The third kappa shape index (κ3) is 7.22. The van der Waals surface area contributed by atoms with Gasteiger partial charge >= 0.3 is 0 Å². The van der Waals surface area contributed by atoms with Crippen molar-refractivity contribution in [3.63, 3.8) is 0 Å². The topological polar surface area (TPSA) is 53.6 Å². The Morgan fingerprint density at radius 3 is 2.32 bits per heavy atom. The Kier molecular flexibility index (Phi) is 11.6. The molecule has 2 aliphatic rings. The van der Waals surface area contributed by atoms with Crippen LogP contribution in [0.3, 0.4) is 0 Å². The van der Waals surface area contributed by atoms with Gasteiger partial charge in [0.05, 0.1) is 12.0 Å². The Labute approximate surface area is 165 Å². The zero-order valence-electron chi connectivity index (χ0n) is 16.2. The molecule has 3 atom stereocenters. The van der Waals surface area contributed by atoms with Crippen molar-refractivity contribution in [2.75, 3.05) is 46.4 Å². The SMILES string of the molecule is COCC1(C(=O)NC(C)CN2CC(C)CC(C)C2)CCNCC1.Cl.Cl. The number of halogens is 2. The second-order valence-electron chi connectivity index (χ2n) is 8.00. The Bertz CT molecular complexity index is 377. The third-order valence-electron chi connectivity index (χ3n) is 5.32. The Morgan fingerprint density at radius 2 is 1.80 bits per heavy atom. The van der Waals surface area contributed by atoms with Crippen LogP contribution in [0.1, 0.15) is 40.0 Å². The van der Waals surface area contributed by atoms with E-state index >= 15 is 0 Å². The zero-order chi connectivity index (χ0) is 16.9. The maximum Gasteiger partial charge on any atom is 0.228 e. The highest BCUT2D eigenvalue weighted by atomic mass is 35.5. The average Bonchev–Trinajstić information content (AvgIpc) is 2.47. The van der Waals surface area contributed by atoms with Crippen molar-refractivity contribution in [1.29, 1.82) is 0 Å². The van der Waals surface area contributed by atoms with Gasteiger partial charge in [0.25, 0.3) is 0 Å². The van der Waals surface area contributed by atoms with E-state index in [4.69, 9.17) is 4.74 Å². The fraction of sp³-hybridized carbons (Fsp3) is 0.944. The first-order chi connectivity index (χ1) is 10.9. The number of carbonyl (C=O) groups is 1. The zero-order valence-corrected chi connectivity index (χ0v) is 17.8. The Balaban J connectivity index is 0.00000288. The van der Waals surface area contributed by atoms with Crippen LogP contribution in [-0.4, -0.2) is 63.3 Å². The number of methoxy groups -OCH3 is 1. The fourth-order valence-electron chi connectivity index (χ4n) is 4.37. The predicted octanol–water partition coefficient (Wildman–Crippen LogP) is 2.33. The summed E-state index contributed by atoms with van der Waals surface area (Å²) in [6.45, 7) is 12.3. The molecule has 25 heavy (non-hydrogen) atoms. The third-order valence-corrected chi connectivity index (χ3v) is 5.32. The summed E-state index contributed by atoms with van der Waals surface area (Å²) in [5.41, 5.74) is -0.350. The molecule has 2 fully saturated rings. The summed E-state index contributed by atoms with van der Waals surface area (Å²) in [6.07, 6.45) is 3.04. The number of rotatable bonds is 6. The summed E-state index contributed by atoms with van der Waals surface area (Å²) in [6, 6.07) is 0.184. The molecule has 1 amide bonds. The van der Waals surface area contributed by atoms with E-state index < -0.39 is 0 Å². The van der Waals surface area contributed by atoms with Gasteiger partial charge in [0.1, 0.15) is 0 Å². The van der Waals surface area contributed by atoms with Crippen LogP contribution in [0.25, 0.3) is 0 Å². The molecule has 7 heteroatoms. The first-order valence-electron chi connectivity index (χ1n) is 9.18. The lowest BCUT2D eigenvalue weighted by molar-refractivity contribution is -0.137. The number of carbonyl (C=O) groups excluding carboxylic acids is 1. The minimum absolute atomic E-state index is 0. The first kappa shape index (κ1) is 24.9. The smallest absolute Gasteiger partial charge is 0.228 e. The van der Waals surface area contributed by atoms with Crippen molar-refractivity contribution in [1.82, 2.24) is 15.5 Å². The van der Waals surface area contributed by atoms with Gasteiger partial charge in [0.2, 0.25) is 5.91 Å². The molecule has 2 N–H and O–H groups in total. The summed E-state index contributed by atoms with van der Waals surface area (Å²) in [7, 11) is 1.69. The molecular weight excluding hydrogens is 361 g/mol. The molecule has 3 unspecified atom stereocenters. The van der Waals surface area contributed by atoms with Crippen molar-refractivity contribution in [3.8, 4) is 0 Å². The second-order valence-corrected chi connectivity index (χ2v) is 8.00. The first-order valence-corrected chi connectivity index (χ1v) is 9.18. The van der Waals surface area contributed by atoms with Gasteiger partial charge < -0.3 is 20.3 Å².